The number of aryl methyl sites for hydroxylation is 2. The van der Waals surface area contributed by atoms with E-state index in [0.717, 1.165) is 5.56 Å². The molecule has 0 spiro atoms. The van der Waals surface area contributed by atoms with Crippen LogP contribution in [0.3, 0.4) is 0 Å². The Morgan fingerprint density at radius 2 is 1.80 bits per heavy atom. The molecular formula is C14H20N2O4. The number of nitrogens with one attached hydrogen (secondary N) is 2. The van der Waals surface area contributed by atoms with E-state index < -0.39 is 6.09 Å². The molecule has 0 heterocycles. The maximum atomic E-state index is 11.5. The Bertz CT molecular complexity index is 474. The molecule has 1 rings (SSSR count). The van der Waals surface area contributed by atoms with Crippen LogP contribution in [-0.4, -0.2) is 38.8 Å². The molecule has 2 N–H and O–H groups in total. The van der Waals surface area contributed by atoms with E-state index in [-0.39, 0.29) is 12.5 Å². The summed E-state index contributed by atoms with van der Waals surface area (Å²) in [7, 11) is 1.28. The van der Waals surface area contributed by atoms with Crippen LogP contribution in [0.4, 0.5) is 4.79 Å². The van der Waals surface area contributed by atoms with E-state index in [2.05, 4.69) is 15.4 Å². The van der Waals surface area contributed by atoms with Crippen LogP contribution >= 0.6 is 0 Å². The van der Waals surface area contributed by atoms with Crippen molar-refractivity contribution in [2.45, 2.75) is 13.8 Å². The van der Waals surface area contributed by atoms with Crippen molar-refractivity contribution >= 4 is 12.0 Å². The molecular weight excluding hydrogens is 260 g/mol. The number of carbonyl (C=O) groups is 2. The van der Waals surface area contributed by atoms with Gasteiger partial charge in [-0.3, -0.25) is 4.79 Å². The second kappa shape index (κ2) is 8.04. The van der Waals surface area contributed by atoms with E-state index in [0.29, 0.717) is 18.8 Å². The summed E-state index contributed by atoms with van der Waals surface area (Å²) in [6.07, 6.45) is -0.523. The average molecular weight is 280 g/mol. The highest BCUT2D eigenvalue weighted by Crippen LogP contribution is 2.16. The highest BCUT2D eigenvalue weighted by Gasteiger charge is 2.04. The topological polar surface area (TPSA) is 76.7 Å². The number of carbonyl (C=O) groups excluding carboxylic acids is 2. The summed E-state index contributed by atoms with van der Waals surface area (Å²) in [6, 6.07) is 5.67. The second-order valence-corrected chi connectivity index (χ2v) is 4.30. The van der Waals surface area contributed by atoms with E-state index in [1.807, 2.05) is 32.0 Å². The summed E-state index contributed by atoms with van der Waals surface area (Å²) < 4.78 is 9.77. The molecule has 2 amide bonds. The van der Waals surface area contributed by atoms with Crippen molar-refractivity contribution in [2.75, 3.05) is 26.8 Å². The number of ether oxygens (including phenoxy) is 2. The first kappa shape index (κ1) is 15.8. The normalized spacial score (nSPS) is 9.75. The number of hydrogen-bond donors (Lipinski definition) is 2. The van der Waals surface area contributed by atoms with Gasteiger partial charge in [-0.1, -0.05) is 6.07 Å². The minimum Gasteiger partial charge on any atom is -0.484 e. The van der Waals surface area contributed by atoms with Crippen LogP contribution in [0.15, 0.2) is 18.2 Å². The first-order chi connectivity index (χ1) is 9.52. The number of benzene rings is 1. The predicted molar refractivity (Wildman–Crippen MR) is 74.8 cm³/mol. The molecule has 0 aromatic heterocycles. The van der Waals surface area contributed by atoms with Crippen LogP contribution in [0.25, 0.3) is 0 Å². The van der Waals surface area contributed by atoms with Gasteiger partial charge in [-0.2, -0.15) is 0 Å². The maximum absolute atomic E-state index is 11.5. The lowest BCUT2D eigenvalue weighted by molar-refractivity contribution is -0.123. The van der Waals surface area contributed by atoms with Gasteiger partial charge in [0.15, 0.2) is 6.61 Å². The maximum Gasteiger partial charge on any atom is 0.406 e. The molecule has 6 heteroatoms. The Morgan fingerprint density at radius 3 is 2.45 bits per heavy atom. The Kier molecular flexibility index (Phi) is 6.36. The van der Waals surface area contributed by atoms with E-state index in [9.17, 15) is 9.59 Å². The molecule has 0 bridgehead atoms. The Balaban J connectivity index is 2.22. The van der Waals surface area contributed by atoms with Crippen LogP contribution in [0.2, 0.25) is 0 Å². The quantitative estimate of drug-likeness (QED) is 0.766. The summed E-state index contributed by atoms with van der Waals surface area (Å²) in [4.78, 5) is 22.3. The molecule has 0 saturated heterocycles. The monoisotopic (exact) mass is 280 g/mol. The minimum atomic E-state index is -0.523. The van der Waals surface area contributed by atoms with Crippen molar-refractivity contribution in [3.05, 3.63) is 29.3 Å². The van der Waals surface area contributed by atoms with Gasteiger partial charge in [-0.05, 0) is 37.1 Å². The molecule has 0 aliphatic rings. The van der Waals surface area contributed by atoms with Gasteiger partial charge in [0.2, 0.25) is 0 Å². The molecule has 1 aromatic carbocycles. The summed E-state index contributed by atoms with van der Waals surface area (Å²) >= 11 is 0. The van der Waals surface area contributed by atoms with Crippen molar-refractivity contribution in [1.82, 2.24) is 10.6 Å². The van der Waals surface area contributed by atoms with Crippen LogP contribution in [0.5, 0.6) is 5.75 Å². The van der Waals surface area contributed by atoms with Crippen molar-refractivity contribution in [3.8, 4) is 5.75 Å². The first-order valence-corrected chi connectivity index (χ1v) is 6.31. The van der Waals surface area contributed by atoms with Gasteiger partial charge in [-0.25, -0.2) is 4.79 Å². The van der Waals surface area contributed by atoms with E-state index in [1.165, 1.54) is 12.7 Å². The third-order valence-electron chi connectivity index (χ3n) is 2.75. The molecule has 110 valence electrons. The van der Waals surface area contributed by atoms with Gasteiger partial charge >= 0.3 is 6.09 Å². The van der Waals surface area contributed by atoms with E-state index in [1.54, 1.807) is 0 Å². The highest BCUT2D eigenvalue weighted by atomic mass is 16.5. The zero-order chi connectivity index (χ0) is 15.0. The molecule has 0 radical (unpaired) electrons. The number of alkyl carbamates (subject to hydrolysis) is 1. The Labute approximate surface area is 118 Å². The van der Waals surface area contributed by atoms with Crippen molar-refractivity contribution < 1.29 is 19.1 Å². The fraction of sp³-hybridized carbons (Fsp3) is 0.429. The third kappa shape index (κ3) is 5.60. The van der Waals surface area contributed by atoms with E-state index in [4.69, 9.17) is 4.74 Å². The Hall–Kier alpha value is -2.24. The lowest BCUT2D eigenvalue weighted by Crippen LogP contribution is -2.36. The largest absolute Gasteiger partial charge is 0.484 e. The minimum absolute atomic E-state index is 0.0548. The summed E-state index contributed by atoms with van der Waals surface area (Å²) in [5.41, 5.74) is 2.29. The number of methoxy groups -OCH3 is 1. The molecule has 0 unspecified atom stereocenters. The van der Waals surface area contributed by atoms with Gasteiger partial charge in [0.25, 0.3) is 5.91 Å². The first-order valence-electron chi connectivity index (χ1n) is 6.31. The SMILES string of the molecule is COC(=O)NCCNC(=O)COc1ccc(C)c(C)c1. The lowest BCUT2D eigenvalue weighted by Gasteiger charge is -2.09. The van der Waals surface area contributed by atoms with Gasteiger partial charge in [0.1, 0.15) is 5.75 Å². The van der Waals surface area contributed by atoms with Crippen LogP contribution in [0.1, 0.15) is 11.1 Å². The molecule has 0 atom stereocenters. The number of rotatable bonds is 6. The summed E-state index contributed by atoms with van der Waals surface area (Å²) in [5.74, 6) is 0.422. The summed E-state index contributed by atoms with van der Waals surface area (Å²) in [6.45, 7) is 4.58. The van der Waals surface area contributed by atoms with Gasteiger partial charge in [-0.15, -0.1) is 0 Å². The fourth-order valence-electron chi connectivity index (χ4n) is 1.44. The Morgan fingerprint density at radius 1 is 1.10 bits per heavy atom. The van der Waals surface area contributed by atoms with Crippen molar-refractivity contribution in [2.24, 2.45) is 0 Å². The zero-order valence-electron chi connectivity index (χ0n) is 12.0. The molecule has 0 aliphatic carbocycles. The summed E-state index contributed by atoms with van der Waals surface area (Å²) in [5, 5.41) is 5.08. The molecule has 6 nitrogen and oxygen atoms in total. The van der Waals surface area contributed by atoms with Crippen molar-refractivity contribution in [1.29, 1.82) is 0 Å². The molecule has 0 fully saturated rings. The van der Waals surface area contributed by atoms with Crippen LogP contribution in [-0.2, 0) is 9.53 Å². The van der Waals surface area contributed by atoms with Gasteiger partial charge in [0.05, 0.1) is 7.11 Å². The lowest BCUT2D eigenvalue weighted by atomic mass is 10.1. The van der Waals surface area contributed by atoms with E-state index >= 15 is 0 Å². The van der Waals surface area contributed by atoms with Gasteiger partial charge in [0, 0.05) is 13.1 Å². The third-order valence-corrected chi connectivity index (χ3v) is 2.75. The number of amides is 2. The molecule has 1 aromatic rings. The molecule has 0 saturated carbocycles. The smallest absolute Gasteiger partial charge is 0.406 e. The molecule has 0 aliphatic heterocycles. The van der Waals surface area contributed by atoms with Crippen LogP contribution in [0, 0.1) is 13.8 Å². The predicted octanol–water partition coefficient (Wildman–Crippen LogP) is 1.15. The molecule has 20 heavy (non-hydrogen) atoms. The standard InChI is InChI=1S/C14H20N2O4/c1-10-4-5-12(8-11(10)2)20-9-13(17)15-6-7-16-14(18)19-3/h4-5,8H,6-7,9H2,1-3H3,(H,15,17)(H,16,18). The average Bonchev–Trinajstić information content (AvgIpc) is 2.44. The van der Waals surface area contributed by atoms with Crippen LogP contribution < -0.4 is 15.4 Å². The number of hydrogen-bond acceptors (Lipinski definition) is 4. The zero-order valence-corrected chi connectivity index (χ0v) is 12.0. The fourth-order valence-corrected chi connectivity index (χ4v) is 1.44. The second-order valence-electron chi connectivity index (χ2n) is 4.30. The van der Waals surface area contributed by atoms with Crippen molar-refractivity contribution in [3.63, 3.8) is 0 Å². The highest BCUT2D eigenvalue weighted by molar-refractivity contribution is 5.77. The van der Waals surface area contributed by atoms with Gasteiger partial charge < -0.3 is 20.1 Å².